The number of rotatable bonds is 3. The number of carbonyl (C=O) groups is 1. The largest absolute Gasteiger partial charge is 0.539 e. The van der Waals surface area contributed by atoms with E-state index >= 15 is 0 Å². The van der Waals surface area contributed by atoms with Gasteiger partial charge in [-0.3, -0.25) is 9.79 Å². The van der Waals surface area contributed by atoms with Crippen LogP contribution in [0, 0.1) is 0 Å². The standard InChI is InChI=1S/C10H11BN2O3S/c14-9(13-10-12-4-5-17-10)7-2-1-3-8(6-7)16-11-15/h1-3,6,11,15H,4-5H2,(H,12,13,14). The molecule has 0 saturated heterocycles. The quantitative estimate of drug-likeness (QED) is 0.749. The van der Waals surface area contributed by atoms with E-state index in [1.54, 1.807) is 24.3 Å². The number of carbonyl (C=O) groups excluding carboxylic acids is 1. The second-order valence-corrected chi connectivity index (χ2v) is 4.37. The van der Waals surface area contributed by atoms with E-state index in [-0.39, 0.29) is 5.91 Å². The molecule has 1 amide bonds. The van der Waals surface area contributed by atoms with Crippen LogP contribution in [0.5, 0.6) is 5.75 Å². The summed E-state index contributed by atoms with van der Waals surface area (Å²) in [6.07, 6.45) is 0. The molecule has 1 aromatic rings. The Morgan fingerprint density at radius 3 is 3.18 bits per heavy atom. The number of hydrogen-bond acceptors (Lipinski definition) is 5. The summed E-state index contributed by atoms with van der Waals surface area (Å²) in [5.41, 5.74) is 0.478. The number of hydrogen-bond donors (Lipinski definition) is 2. The van der Waals surface area contributed by atoms with E-state index in [2.05, 4.69) is 10.3 Å². The summed E-state index contributed by atoms with van der Waals surface area (Å²) in [6, 6.07) is 6.63. The molecular formula is C10H11BN2O3S. The normalized spacial score (nSPS) is 14.1. The molecule has 0 radical (unpaired) electrons. The second kappa shape index (κ2) is 5.74. The molecule has 0 spiro atoms. The number of benzene rings is 1. The molecule has 0 aliphatic carbocycles. The van der Waals surface area contributed by atoms with Crippen LogP contribution >= 0.6 is 11.8 Å². The van der Waals surface area contributed by atoms with Crippen molar-refractivity contribution in [1.82, 2.24) is 5.32 Å². The van der Waals surface area contributed by atoms with Crippen molar-refractivity contribution in [2.45, 2.75) is 0 Å². The van der Waals surface area contributed by atoms with Crippen molar-refractivity contribution in [1.29, 1.82) is 0 Å². The molecule has 5 nitrogen and oxygen atoms in total. The van der Waals surface area contributed by atoms with Crippen LogP contribution in [0.1, 0.15) is 10.4 Å². The van der Waals surface area contributed by atoms with Crippen molar-refractivity contribution in [3.05, 3.63) is 29.8 Å². The third kappa shape index (κ3) is 3.24. The number of amides is 1. The summed E-state index contributed by atoms with van der Waals surface area (Å²) in [5.74, 6) is 1.14. The summed E-state index contributed by atoms with van der Waals surface area (Å²) in [7, 11) is -0.409. The third-order valence-electron chi connectivity index (χ3n) is 2.13. The maximum Gasteiger partial charge on any atom is 0.504 e. The zero-order valence-electron chi connectivity index (χ0n) is 9.05. The van der Waals surface area contributed by atoms with Gasteiger partial charge in [0.1, 0.15) is 5.75 Å². The van der Waals surface area contributed by atoms with Crippen molar-refractivity contribution in [2.75, 3.05) is 12.3 Å². The van der Waals surface area contributed by atoms with Crippen molar-refractivity contribution in [3.63, 3.8) is 0 Å². The molecule has 88 valence electrons. The first-order valence-electron chi connectivity index (χ1n) is 5.12. The molecule has 0 saturated carbocycles. The molecule has 0 bridgehead atoms. The summed E-state index contributed by atoms with van der Waals surface area (Å²) in [4.78, 5) is 16.0. The van der Waals surface area contributed by atoms with Gasteiger partial charge < -0.3 is 15.0 Å². The van der Waals surface area contributed by atoms with Gasteiger partial charge in [-0.2, -0.15) is 0 Å². The SMILES string of the molecule is O=C(NC1=NCCS1)c1cccc(OBO)c1. The van der Waals surface area contributed by atoms with Crippen LogP contribution in [0.3, 0.4) is 0 Å². The van der Waals surface area contributed by atoms with E-state index in [1.165, 1.54) is 11.8 Å². The maximum absolute atomic E-state index is 11.8. The molecule has 0 fully saturated rings. The highest BCUT2D eigenvalue weighted by atomic mass is 32.2. The minimum Gasteiger partial charge on any atom is -0.539 e. The third-order valence-corrected chi connectivity index (χ3v) is 3.02. The van der Waals surface area contributed by atoms with Crippen molar-refractivity contribution >= 4 is 30.5 Å². The predicted octanol–water partition coefficient (Wildman–Crippen LogP) is 0.157. The Morgan fingerprint density at radius 2 is 2.47 bits per heavy atom. The first-order valence-corrected chi connectivity index (χ1v) is 6.10. The lowest BCUT2D eigenvalue weighted by Gasteiger charge is -2.06. The van der Waals surface area contributed by atoms with E-state index in [0.717, 1.165) is 12.3 Å². The Kier molecular flexibility index (Phi) is 4.05. The van der Waals surface area contributed by atoms with E-state index < -0.39 is 7.69 Å². The lowest BCUT2D eigenvalue weighted by atomic mass is 10.2. The number of thioether (sulfide) groups is 1. The van der Waals surface area contributed by atoms with Crippen molar-refractivity contribution < 1.29 is 14.5 Å². The minimum absolute atomic E-state index is 0.221. The van der Waals surface area contributed by atoms with Gasteiger partial charge in [-0.1, -0.05) is 17.8 Å². The van der Waals surface area contributed by atoms with Crippen molar-refractivity contribution in [2.24, 2.45) is 4.99 Å². The van der Waals surface area contributed by atoms with Gasteiger partial charge in [0.15, 0.2) is 5.17 Å². The fourth-order valence-electron chi connectivity index (χ4n) is 1.38. The molecule has 0 unspecified atom stereocenters. The Balaban J connectivity index is 2.05. The van der Waals surface area contributed by atoms with Crippen LogP contribution in [0.25, 0.3) is 0 Å². The van der Waals surface area contributed by atoms with Crippen LogP contribution in [-0.4, -0.2) is 36.1 Å². The van der Waals surface area contributed by atoms with Crippen molar-refractivity contribution in [3.8, 4) is 5.75 Å². The fourth-order valence-corrected chi connectivity index (χ4v) is 2.11. The zero-order chi connectivity index (χ0) is 12.1. The van der Waals surface area contributed by atoms with Gasteiger partial charge in [0.2, 0.25) is 0 Å². The van der Waals surface area contributed by atoms with Crippen LogP contribution in [0.15, 0.2) is 29.3 Å². The van der Waals surface area contributed by atoms with Gasteiger partial charge in [0, 0.05) is 11.3 Å². The topological polar surface area (TPSA) is 70.9 Å². The predicted molar refractivity (Wildman–Crippen MR) is 68.7 cm³/mol. The molecule has 7 heteroatoms. The highest BCUT2D eigenvalue weighted by Gasteiger charge is 2.12. The number of nitrogens with one attached hydrogen (secondary N) is 1. The lowest BCUT2D eigenvalue weighted by Crippen LogP contribution is -2.27. The van der Waals surface area contributed by atoms with Crippen LogP contribution in [-0.2, 0) is 0 Å². The summed E-state index contributed by atoms with van der Waals surface area (Å²) in [6.45, 7) is 0.744. The molecule has 1 aliphatic rings. The zero-order valence-corrected chi connectivity index (χ0v) is 9.87. The van der Waals surface area contributed by atoms with Crippen LogP contribution in [0.4, 0.5) is 0 Å². The monoisotopic (exact) mass is 250 g/mol. The fraction of sp³-hybridized carbons (Fsp3) is 0.200. The number of nitrogens with zero attached hydrogens (tertiary/aromatic N) is 1. The van der Waals surface area contributed by atoms with Gasteiger partial charge in [0.05, 0.1) is 6.54 Å². The van der Waals surface area contributed by atoms with Gasteiger partial charge >= 0.3 is 7.69 Å². The Morgan fingerprint density at radius 1 is 1.59 bits per heavy atom. The van der Waals surface area contributed by atoms with Gasteiger partial charge in [0.25, 0.3) is 5.91 Å². The molecular weight excluding hydrogens is 239 g/mol. The van der Waals surface area contributed by atoms with Crippen LogP contribution < -0.4 is 9.97 Å². The van der Waals surface area contributed by atoms with E-state index in [1.807, 2.05) is 0 Å². The molecule has 0 aromatic heterocycles. The minimum atomic E-state index is -0.409. The highest BCUT2D eigenvalue weighted by Crippen LogP contribution is 2.14. The number of aliphatic imine (C=N–C) groups is 1. The Labute approximate surface area is 104 Å². The highest BCUT2D eigenvalue weighted by molar-refractivity contribution is 8.14. The molecule has 1 aliphatic heterocycles. The smallest absolute Gasteiger partial charge is 0.504 e. The van der Waals surface area contributed by atoms with E-state index in [9.17, 15) is 4.79 Å². The molecule has 1 heterocycles. The van der Waals surface area contributed by atoms with Gasteiger partial charge in [-0.05, 0) is 18.2 Å². The Bertz CT molecular complexity index is 453. The lowest BCUT2D eigenvalue weighted by molar-refractivity contribution is 0.0977. The van der Waals surface area contributed by atoms with Crippen LogP contribution in [0.2, 0.25) is 0 Å². The Hall–Kier alpha value is -1.47. The maximum atomic E-state index is 11.8. The molecule has 2 N–H and O–H groups in total. The van der Waals surface area contributed by atoms with E-state index in [4.69, 9.17) is 9.68 Å². The first kappa shape index (κ1) is 12.0. The molecule has 2 rings (SSSR count). The second-order valence-electron chi connectivity index (χ2n) is 3.29. The average Bonchev–Trinajstić information content (AvgIpc) is 2.83. The summed E-state index contributed by atoms with van der Waals surface area (Å²) >= 11 is 1.53. The van der Waals surface area contributed by atoms with E-state index in [0.29, 0.717) is 16.5 Å². The van der Waals surface area contributed by atoms with Gasteiger partial charge in [-0.15, -0.1) is 0 Å². The average molecular weight is 250 g/mol. The van der Waals surface area contributed by atoms with Gasteiger partial charge in [-0.25, -0.2) is 0 Å². The molecule has 0 atom stereocenters. The number of amidine groups is 1. The summed E-state index contributed by atoms with van der Waals surface area (Å²) in [5, 5.41) is 12.0. The molecule has 1 aromatic carbocycles. The first-order chi connectivity index (χ1) is 8.29. The molecule has 17 heavy (non-hydrogen) atoms. The summed E-state index contributed by atoms with van der Waals surface area (Å²) < 4.78 is 4.91.